The van der Waals surface area contributed by atoms with Crippen LogP contribution in [-0.2, 0) is 30.8 Å². The Morgan fingerprint density at radius 1 is 1.29 bits per heavy atom. The van der Waals surface area contributed by atoms with Crippen molar-refractivity contribution >= 4 is 37.9 Å². The van der Waals surface area contributed by atoms with Crippen LogP contribution in [0.15, 0.2) is 40.5 Å². The Morgan fingerprint density at radius 2 is 2.06 bits per heavy atom. The number of benzene rings is 1. The van der Waals surface area contributed by atoms with E-state index in [9.17, 15) is 13.2 Å². The van der Waals surface area contributed by atoms with Crippen LogP contribution in [0.2, 0.25) is 0 Å². The number of carbonyl (C=O) groups is 1. The Kier molecular flexibility index (Phi) is 8.50. The van der Waals surface area contributed by atoms with Gasteiger partial charge in [0.05, 0.1) is 23.4 Å². The minimum Gasteiger partial charge on any atom is -0.389 e. The molecule has 2 fully saturated rings. The van der Waals surface area contributed by atoms with Gasteiger partial charge in [0.1, 0.15) is 0 Å². The van der Waals surface area contributed by atoms with E-state index in [0.717, 1.165) is 24.5 Å². The fourth-order valence-corrected chi connectivity index (χ4v) is 6.11. The summed E-state index contributed by atoms with van der Waals surface area (Å²) >= 11 is 1.39. The molecule has 2 N–H and O–H groups in total. The van der Waals surface area contributed by atoms with Gasteiger partial charge in [-0.25, -0.2) is 13.4 Å². The van der Waals surface area contributed by atoms with Gasteiger partial charge in [-0.05, 0) is 39.1 Å². The number of likely N-dealkylation sites (N-methyl/N-ethyl adjacent to an activating group) is 2. The van der Waals surface area contributed by atoms with Crippen molar-refractivity contribution in [3.05, 3.63) is 40.9 Å². The zero-order chi connectivity index (χ0) is 24.8. The first-order chi connectivity index (χ1) is 16.9. The summed E-state index contributed by atoms with van der Waals surface area (Å²) in [5.41, 5.74) is 0.509. The number of hydrogen-bond donors (Lipinski definition) is 2. The van der Waals surface area contributed by atoms with E-state index in [1.807, 2.05) is 14.1 Å². The summed E-state index contributed by atoms with van der Waals surface area (Å²) in [5.74, 6) is -0.480. The molecule has 0 spiro atoms. The molecule has 1 aliphatic heterocycles. The van der Waals surface area contributed by atoms with Gasteiger partial charge in [-0.3, -0.25) is 15.0 Å². The predicted octanol–water partition coefficient (Wildman–Crippen LogP) is 1.88. The highest BCUT2D eigenvalue weighted by Gasteiger charge is 2.36. The van der Waals surface area contributed by atoms with Crippen LogP contribution < -0.4 is 10.6 Å². The second-order valence-electron chi connectivity index (χ2n) is 8.73. The number of oxime groups is 1. The molecule has 0 unspecified atom stereocenters. The van der Waals surface area contributed by atoms with Gasteiger partial charge in [-0.15, -0.1) is 11.3 Å². The molecule has 2 heterocycles. The normalized spacial score (nSPS) is 18.7. The Bertz CT molecular complexity index is 1140. The van der Waals surface area contributed by atoms with Crippen molar-refractivity contribution in [1.29, 1.82) is 0 Å². The topological polar surface area (TPSA) is 122 Å². The standard InChI is InChI=1S/C23H31N5O5S2/c1-24-10-11-28(2)14-18-13-25-23(34-18)26-22(29)21(27-33-17-9-12-32-15-17)16-3-5-19(6-4-16)35(30,31)20-7-8-20/h3-6,13,17,20,24H,7-12,14-15H2,1-2H3,(H,25,26,29)/b27-21+/t17-/m1/s1. The first-order valence-electron chi connectivity index (χ1n) is 11.6. The molecule has 10 nitrogen and oxygen atoms in total. The molecule has 1 saturated carbocycles. The largest absolute Gasteiger partial charge is 0.389 e. The summed E-state index contributed by atoms with van der Waals surface area (Å²) in [7, 11) is 0.618. The van der Waals surface area contributed by atoms with E-state index in [1.54, 1.807) is 18.3 Å². The lowest BCUT2D eigenvalue weighted by Gasteiger charge is -2.14. The number of carbonyl (C=O) groups excluding carboxylic acids is 1. The van der Waals surface area contributed by atoms with Crippen LogP contribution in [0.5, 0.6) is 0 Å². The highest BCUT2D eigenvalue weighted by Crippen LogP contribution is 2.33. The number of nitrogens with zero attached hydrogens (tertiary/aromatic N) is 3. The first kappa shape index (κ1) is 25.7. The number of thiazole rings is 1. The quantitative estimate of drug-likeness (QED) is 0.321. The second-order valence-corrected chi connectivity index (χ2v) is 12.1. The average Bonchev–Trinajstić information content (AvgIpc) is 3.43. The van der Waals surface area contributed by atoms with Crippen molar-refractivity contribution in [2.75, 3.05) is 45.7 Å². The van der Waals surface area contributed by atoms with Crippen LogP contribution in [-0.4, -0.2) is 81.7 Å². The van der Waals surface area contributed by atoms with E-state index in [0.29, 0.717) is 43.2 Å². The third-order valence-corrected chi connectivity index (χ3v) is 8.93. The molecule has 1 saturated heterocycles. The number of anilines is 1. The molecular formula is C23H31N5O5S2. The monoisotopic (exact) mass is 521 g/mol. The summed E-state index contributed by atoms with van der Waals surface area (Å²) in [6.45, 7) is 3.49. The SMILES string of the molecule is CNCCN(C)Cc1cnc(NC(=O)/C(=N/O[C@@H]2CCOC2)c2ccc(S(=O)(=O)C3CC3)cc2)s1. The Morgan fingerprint density at radius 3 is 2.71 bits per heavy atom. The summed E-state index contributed by atoms with van der Waals surface area (Å²) in [5, 5.41) is 10.2. The van der Waals surface area contributed by atoms with Crippen molar-refractivity contribution in [2.24, 2.45) is 5.16 Å². The van der Waals surface area contributed by atoms with Gasteiger partial charge < -0.3 is 14.9 Å². The lowest BCUT2D eigenvalue weighted by atomic mass is 10.1. The third kappa shape index (κ3) is 6.85. The van der Waals surface area contributed by atoms with Crippen molar-refractivity contribution in [1.82, 2.24) is 15.2 Å². The van der Waals surface area contributed by atoms with Crippen molar-refractivity contribution < 1.29 is 22.8 Å². The minimum atomic E-state index is -3.32. The number of rotatable bonds is 12. The van der Waals surface area contributed by atoms with Gasteiger partial charge in [0, 0.05) is 42.7 Å². The maximum absolute atomic E-state index is 13.2. The van der Waals surface area contributed by atoms with E-state index in [1.165, 1.54) is 23.5 Å². The van der Waals surface area contributed by atoms with Crippen LogP contribution >= 0.6 is 11.3 Å². The van der Waals surface area contributed by atoms with Gasteiger partial charge >= 0.3 is 0 Å². The van der Waals surface area contributed by atoms with Crippen LogP contribution in [0.1, 0.15) is 29.7 Å². The van der Waals surface area contributed by atoms with E-state index in [4.69, 9.17) is 9.57 Å². The molecule has 1 atom stereocenters. The maximum atomic E-state index is 13.2. The van der Waals surface area contributed by atoms with Gasteiger partial charge in [0.25, 0.3) is 5.91 Å². The van der Waals surface area contributed by atoms with Gasteiger partial charge in [-0.2, -0.15) is 0 Å². The number of hydrogen-bond acceptors (Lipinski definition) is 10. The Labute approximate surface area is 209 Å². The number of sulfone groups is 1. The predicted molar refractivity (Wildman–Crippen MR) is 135 cm³/mol. The fraction of sp³-hybridized carbons (Fsp3) is 0.522. The van der Waals surface area contributed by atoms with Crippen molar-refractivity contribution in [3.8, 4) is 0 Å². The van der Waals surface area contributed by atoms with E-state index >= 15 is 0 Å². The van der Waals surface area contributed by atoms with Crippen LogP contribution in [0.3, 0.4) is 0 Å². The summed E-state index contributed by atoms with van der Waals surface area (Å²) in [6.07, 6.45) is 3.59. The third-order valence-electron chi connectivity index (χ3n) is 5.76. The molecule has 1 aromatic carbocycles. The van der Waals surface area contributed by atoms with Crippen LogP contribution in [0.25, 0.3) is 0 Å². The molecule has 12 heteroatoms. The molecule has 1 aliphatic carbocycles. The van der Waals surface area contributed by atoms with Gasteiger partial charge in [0.15, 0.2) is 26.8 Å². The van der Waals surface area contributed by atoms with E-state index < -0.39 is 15.7 Å². The minimum absolute atomic E-state index is 0.0511. The van der Waals surface area contributed by atoms with Crippen LogP contribution in [0, 0.1) is 0 Å². The zero-order valence-electron chi connectivity index (χ0n) is 19.9. The van der Waals surface area contributed by atoms with Crippen molar-refractivity contribution in [2.45, 2.75) is 42.1 Å². The molecule has 0 radical (unpaired) electrons. The van der Waals surface area contributed by atoms with Crippen LogP contribution in [0.4, 0.5) is 5.13 Å². The molecule has 35 heavy (non-hydrogen) atoms. The molecule has 0 bridgehead atoms. The summed E-state index contributed by atoms with van der Waals surface area (Å²) in [4.78, 5) is 26.5. The first-order valence-corrected chi connectivity index (χ1v) is 14.0. The van der Waals surface area contributed by atoms with Crippen molar-refractivity contribution in [3.63, 3.8) is 0 Å². The smallest absolute Gasteiger partial charge is 0.280 e. The zero-order valence-corrected chi connectivity index (χ0v) is 21.5. The lowest BCUT2D eigenvalue weighted by molar-refractivity contribution is -0.110. The molecular weight excluding hydrogens is 490 g/mol. The fourth-order valence-electron chi connectivity index (χ4n) is 3.56. The Balaban J connectivity index is 1.48. The number of nitrogens with one attached hydrogen (secondary N) is 2. The number of amides is 1. The number of aromatic nitrogens is 1. The summed E-state index contributed by atoms with van der Waals surface area (Å²) in [6, 6.07) is 6.22. The molecule has 1 amide bonds. The molecule has 2 aliphatic rings. The molecule has 1 aromatic heterocycles. The highest BCUT2D eigenvalue weighted by molar-refractivity contribution is 7.92. The van der Waals surface area contributed by atoms with E-state index in [2.05, 4.69) is 25.7 Å². The summed E-state index contributed by atoms with van der Waals surface area (Å²) < 4.78 is 30.4. The number of ether oxygens (including phenoxy) is 1. The van der Waals surface area contributed by atoms with Gasteiger partial charge in [0.2, 0.25) is 0 Å². The Hall–Kier alpha value is -2.38. The second kappa shape index (κ2) is 11.6. The molecule has 190 valence electrons. The molecule has 4 rings (SSSR count). The highest BCUT2D eigenvalue weighted by atomic mass is 32.2. The van der Waals surface area contributed by atoms with Gasteiger partial charge in [-0.1, -0.05) is 17.3 Å². The lowest BCUT2D eigenvalue weighted by Crippen LogP contribution is -2.26. The maximum Gasteiger partial charge on any atom is 0.280 e. The average molecular weight is 522 g/mol. The molecule has 2 aromatic rings. The van der Waals surface area contributed by atoms with E-state index in [-0.39, 0.29) is 22.0 Å².